The molecule has 0 aromatic carbocycles. The summed E-state index contributed by atoms with van der Waals surface area (Å²) in [6, 6.07) is 3.65. The molecule has 1 saturated carbocycles. The zero-order chi connectivity index (χ0) is 11.7. The maximum Gasteiger partial charge on any atom is 0.200 e. The Labute approximate surface area is 97.8 Å². The zero-order valence-electron chi connectivity index (χ0n) is 9.32. The van der Waals surface area contributed by atoms with Gasteiger partial charge in [0.1, 0.15) is 5.82 Å². The molecular formula is C10H14N6O. The summed E-state index contributed by atoms with van der Waals surface area (Å²) in [5.74, 6) is 1.05. The monoisotopic (exact) mass is 234 g/mol. The fourth-order valence-corrected chi connectivity index (χ4v) is 2.23. The molecule has 2 aromatic rings. The molecule has 1 aliphatic carbocycles. The average molecular weight is 234 g/mol. The summed E-state index contributed by atoms with van der Waals surface area (Å²) in [7, 11) is 0. The molecule has 0 amide bonds. The van der Waals surface area contributed by atoms with Gasteiger partial charge in [0, 0.05) is 12.5 Å². The van der Waals surface area contributed by atoms with Crippen molar-refractivity contribution in [3.05, 3.63) is 12.1 Å². The Bertz CT molecular complexity index is 512. The van der Waals surface area contributed by atoms with Crippen LogP contribution in [-0.2, 0) is 0 Å². The molecule has 2 atom stereocenters. The number of nitrogens with one attached hydrogen (secondary N) is 1. The summed E-state index contributed by atoms with van der Waals surface area (Å²) >= 11 is 0. The van der Waals surface area contributed by atoms with Crippen LogP contribution in [0.2, 0.25) is 0 Å². The molecule has 2 aromatic heterocycles. The van der Waals surface area contributed by atoms with Crippen molar-refractivity contribution in [1.82, 2.24) is 25.3 Å². The lowest BCUT2D eigenvalue weighted by Crippen LogP contribution is -2.22. The van der Waals surface area contributed by atoms with Gasteiger partial charge in [-0.2, -0.15) is 0 Å². The van der Waals surface area contributed by atoms with Crippen LogP contribution in [0.15, 0.2) is 12.1 Å². The molecule has 2 unspecified atom stereocenters. The van der Waals surface area contributed by atoms with Gasteiger partial charge in [-0.05, 0) is 35.4 Å². The van der Waals surface area contributed by atoms with Crippen molar-refractivity contribution < 1.29 is 5.11 Å². The second-order valence-electron chi connectivity index (χ2n) is 4.38. The smallest absolute Gasteiger partial charge is 0.200 e. The number of fused-ring (bicyclic) bond motifs is 1. The Morgan fingerprint density at radius 1 is 1.41 bits per heavy atom. The Balaban J connectivity index is 1.67. The van der Waals surface area contributed by atoms with Crippen LogP contribution in [0.4, 0.5) is 5.82 Å². The van der Waals surface area contributed by atoms with Crippen molar-refractivity contribution in [1.29, 1.82) is 0 Å². The number of hydrogen-bond donors (Lipinski definition) is 2. The van der Waals surface area contributed by atoms with E-state index in [1.54, 1.807) is 6.07 Å². The molecule has 90 valence electrons. The third-order valence-corrected chi connectivity index (χ3v) is 3.23. The number of rotatable bonds is 3. The van der Waals surface area contributed by atoms with Crippen molar-refractivity contribution in [2.75, 3.05) is 11.9 Å². The van der Waals surface area contributed by atoms with Gasteiger partial charge in [-0.25, -0.2) is 0 Å². The van der Waals surface area contributed by atoms with E-state index >= 15 is 0 Å². The molecular weight excluding hydrogens is 220 g/mol. The summed E-state index contributed by atoms with van der Waals surface area (Å²) in [6.45, 7) is 0.738. The van der Waals surface area contributed by atoms with Crippen LogP contribution < -0.4 is 5.32 Å². The van der Waals surface area contributed by atoms with E-state index in [-0.39, 0.29) is 6.10 Å². The molecule has 0 spiro atoms. The van der Waals surface area contributed by atoms with Crippen molar-refractivity contribution in [3.63, 3.8) is 0 Å². The third kappa shape index (κ3) is 2.05. The van der Waals surface area contributed by atoms with Gasteiger partial charge in [0.05, 0.1) is 6.10 Å². The predicted molar refractivity (Wildman–Crippen MR) is 60.4 cm³/mol. The average Bonchev–Trinajstić information content (AvgIpc) is 2.94. The van der Waals surface area contributed by atoms with Crippen LogP contribution in [0.25, 0.3) is 5.65 Å². The van der Waals surface area contributed by atoms with Crippen molar-refractivity contribution in [2.45, 2.75) is 25.4 Å². The molecule has 1 fully saturated rings. The number of tetrazole rings is 1. The highest BCUT2D eigenvalue weighted by atomic mass is 16.3. The molecule has 17 heavy (non-hydrogen) atoms. The standard InChI is InChI=1S/C10H14N6O/c17-8-3-1-2-7(8)6-11-9-4-5-10-12-14-15-16(10)13-9/h4-5,7-8,17H,1-3,6H2,(H,11,13). The minimum Gasteiger partial charge on any atom is -0.393 e. The molecule has 0 saturated heterocycles. The lowest BCUT2D eigenvalue weighted by atomic mass is 10.1. The Kier molecular flexibility index (Phi) is 2.60. The van der Waals surface area contributed by atoms with E-state index in [1.165, 1.54) is 4.63 Å². The van der Waals surface area contributed by atoms with Gasteiger partial charge < -0.3 is 10.4 Å². The van der Waals surface area contributed by atoms with E-state index < -0.39 is 0 Å². The molecule has 1 aliphatic rings. The van der Waals surface area contributed by atoms with Gasteiger partial charge in [0.2, 0.25) is 0 Å². The van der Waals surface area contributed by atoms with Gasteiger partial charge in [0.15, 0.2) is 5.65 Å². The van der Waals surface area contributed by atoms with Crippen LogP contribution in [0.5, 0.6) is 0 Å². The Morgan fingerprint density at radius 3 is 3.18 bits per heavy atom. The second-order valence-corrected chi connectivity index (χ2v) is 4.38. The topological polar surface area (TPSA) is 88.2 Å². The van der Waals surface area contributed by atoms with Gasteiger partial charge in [-0.3, -0.25) is 0 Å². The molecule has 0 aliphatic heterocycles. The van der Waals surface area contributed by atoms with E-state index in [0.717, 1.165) is 31.6 Å². The summed E-state index contributed by atoms with van der Waals surface area (Å²) < 4.78 is 1.38. The van der Waals surface area contributed by atoms with Gasteiger partial charge in [-0.1, -0.05) is 6.42 Å². The summed E-state index contributed by atoms with van der Waals surface area (Å²) in [5.41, 5.74) is 0.622. The van der Waals surface area contributed by atoms with Crippen molar-refractivity contribution in [3.8, 4) is 0 Å². The first-order valence-corrected chi connectivity index (χ1v) is 5.80. The number of anilines is 1. The second kappa shape index (κ2) is 4.25. The van der Waals surface area contributed by atoms with Crippen LogP contribution in [0, 0.1) is 5.92 Å². The largest absolute Gasteiger partial charge is 0.393 e. The van der Waals surface area contributed by atoms with Crippen LogP contribution >= 0.6 is 0 Å². The van der Waals surface area contributed by atoms with E-state index in [1.807, 2.05) is 6.07 Å². The minimum absolute atomic E-state index is 0.181. The molecule has 2 N–H and O–H groups in total. The Morgan fingerprint density at radius 2 is 2.35 bits per heavy atom. The lowest BCUT2D eigenvalue weighted by Gasteiger charge is -2.15. The first-order chi connectivity index (χ1) is 8.33. The maximum atomic E-state index is 9.71. The summed E-state index contributed by atoms with van der Waals surface area (Å²) in [5, 5.41) is 28.2. The van der Waals surface area contributed by atoms with E-state index in [4.69, 9.17) is 0 Å². The van der Waals surface area contributed by atoms with E-state index in [9.17, 15) is 5.11 Å². The van der Waals surface area contributed by atoms with Gasteiger partial charge in [-0.15, -0.1) is 14.8 Å². The van der Waals surface area contributed by atoms with Crippen LogP contribution in [0.3, 0.4) is 0 Å². The first-order valence-electron chi connectivity index (χ1n) is 5.80. The predicted octanol–water partition coefficient (Wildman–Crippen LogP) is 0.0922. The number of hydrogen-bond acceptors (Lipinski definition) is 6. The molecule has 0 radical (unpaired) electrons. The van der Waals surface area contributed by atoms with Crippen LogP contribution in [0.1, 0.15) is 19.3 Å². The SMILES string of the molecule is OC1CCCC1CNc1ccc2nnnn2n1. The first kappa shape index (κ1) is 10.4. The molecule has 2 heterocycles. The minimum atomic E-state index is -0.181. The zero-order valence-corrected chi connectivity index (χ0v) is 9.32. The lowest BCUT2D eigenvalue weighted by molar-refractivity contribution is 0.138. The van der Waals surface area contributed by atoms with E-state index in [2.05, 4.69) is 25.9 Å². The molecule has 7 heteroatoms. The molecule has 0 bridgehead atoms. The normalized spacial score (nSPS) is 24.3. The highest BCUT2D eigenvalue weighted by Gasteiger charge is 2.24. The fourth-order valence-electron chi connectivity index (χ4n) is 2.23. The third-order valence-electron chi connectivity index (χ3n) is 3.23. The quantitative estimate of drug-likeness (QED) is 0.782. The number of aliphatic hydroxyl groups excluding tert-OH is 1. The number of aromatic nitrogens is 5. The van der Waals surface area contributed by atoms with Gasteiger partial charge >= 0.3 is 0 Å². The number of nitrogens with zero attached hydrogens (tertiary/aromatic N) is 5. The van der Waals surface area contributed by atoms with E-state index in [0.29, 0.717) is 11.6 Å². The van der Waals surface area contributed by atoms with Crippen LogP contribution in [-0.4, -0.2) is 43.0 Å². The molecule has 3 rings (SSSR count). The fraction of sp³-hybridized carbons (Fsp3) is 0.600. The Hall–Kier alpha value is -1.76. The van der Waals surface area contributed by atoms with Crippen molar-refractivity contribution in [2.24, 2.45) is 5.92 Å². The summed E-state index contributed by atoms with van der Waals surface area (Å²) in [6.07, 6.45) is 2.90. The molecule has 7 nitrogen and oxygen atoms in total. The highest BCUT2D eigenvalue weighted by Crippen LogP contribution is 2.25. The maximum absolute atomic E-state index is 9.71. The van der Waals surface area contributed by atoms with Gasteiger partial charge in [0.25, 0.3) is 0 Å². The highest BCUT2D eigenvalue weighted by molar-refractivity contribution is 5.42. The summed E-state index contributed by atoms with van der Waals surface area (Å²) in [4.78, 5) is 0. The van der Waals surface area contributed by atoms with Crippen molar-refractivity contribution >= 4 is 11.5 Å². The number of aliphatic hydroxyl groups is 1.